The van der Waals surface area contributed by atoms with Crippen molar-refractivity contribution in [2.45, 2.75) is 34.2 Å². The molecule has 37 heavy (non-hydrogen) atoms. The van der Waals surface area contributed by atoms with Crippen LogP contribution in [-0.2, 0) is 6.54 Å². The van der Waals surface area contributed by atoms with Crippen LogP contribution in [0.5, 0.6) is 23.0 Å². The molecule has 0 saturated heterocycles. The third-order valence-corrected chi connectivity index (χ3v) is 6.94. The van der Waals surface area contributed by atoms with Crippen LogP contribution in [0, 0.1) is 6.92 Å². The van der Waals surface area contributed by atoms with Crippen molar-refractivity contribution in [3.05, 3.63) is 71.3 Å². The minimum atomic E-state index is -0.218. The highest BCUT2D eigenvalue weighted by Crippen LogP contribution is 2.41. The lowest BCUT2D eigenvalue weighted by Gasteiger charge is -2.22. The fourth-order valence-corrected chi connectivity index (χ4v) is 5.09. The number of methoxy groups -OCH3 is 1. The van der Waals surface area contributed by atoms with Crippen LogP contribution in [0.2, 0.25) is 0 Å². The molecule has 0 bridgehead atoms. The zero-order valence-electron chi connectivity index (χ0n) is 21.9. The number of fused-ring (bicyclic) bond motifs is 1. The number of thiazole rings is 1. The lowest BCUT2D eigenvalue weighted by atomic mass is 10.1. The lowest BCUT2D eigenvalue weighted by molar-refractivity contribution is 0.0984. The minimum absolute atomic E-state index is 0.218. The molecule has 0 fully saturated rings. The van der Waals surface area contributed by atoms with Crippen molar-refractivity contribution in [3.8, 4) is 23.0 Å². The number of carbonyl (C=O) groups excluding carboxylic acids is 1. The van der Waals surface area contributed by atoms with E-state index in [0.29, 0.717) is 60.1 Å². The molecule has 0 aliphatic rings. The Hall–Kier alpha value is -3.78. The predicted molar refractivity (Wildman–Crippen MR) is 148 cm³/mol. The zero-order valence-corrected chi connectivity index (χ0v) is 22.7. The van der Waals surface area contributed by atoms with E-state index in [-0.39, 0.29) is 5.91 Å². The van der Waals surface area contributed by atoms with Gasteiger partial charge < -0.3 is 18.9 Å². The molecule has 4 rings (SSSR count). The van der Waals surface area contributed by atoms with E-state index >= 15 is 0 Å². The summed E-state index contributed by atoms with van der Waals surface area (Å²) in [7, 11) is 1.63. The fraction of sp³-hybridized carbons (Fsp3) is 0.310. The third kappa shape index (κ3) is 5.64. The van der Waals surface area contributed by atoms with Gasteiger partial charge in [0.15, 0.2) is 16.6 Å². The molecule has 1 aromatic heterocycles. The number of hydrogen-bond donors (Lipinski definition) is 0. The topological polar surface area (TPSA) is 70.1 Å². The van der Waals surface area contributed by atoms with E-state index in [9.17, 15) is 4.79 Å². The fourth-order valence-electron chi connectivity index (χ4n) is 4.04. The summed E-state index contributed by atoms with van der Waals surface area (Å²) in [5.74, 6) is 1.90. The molecule has 194 valence electrons. The van der Waals surface area contributed by atoms with Crippen molar-refractivity contribution < 1.29 is 23.7 Å². The smallest absolute Gasteiger partial charge is 0.260 e. The molecule has 1 amide bonds. The van der Waals surface area contributed by atoms with E-state index in [4.69, 9.17) is 23.9 Å². The van der Waals surface area contributed by atoms with Gasteiger partial charge in [-0.15, -0.1) is 0 Å². The second-order valence-corrected chi connectivity index (χ2v) is 9.21. The van der Waals surface area contributed by atoms with Gasteiger partial charge in [0.25, 0.3) is 5.91 Å². The molecule has 0 aliphatic heterocycles. The second kappa shape index (κ2) is 12.0. The first-order valence-corrected chi connectivity index (χ1v) is 13.2. The largest absolute Gasteiger partial charge is 0.494 e. The highest BCUT2D eigenvalue weighted by molar-refractivity contribution is 7.22. The molecule has 4 aromatic rings. The first-order chi connectivity index (χ1) is 18.0. The number of ether oxygens (including phenoxy) is 4. The number of nitrogens with zero attached hydrogens (tertiary/aromatic N) is 2. The van der Waals surface area contributed by atoms with Crippen LogP contribution >= 0.6 is 11.3 Å². The van der Waals surface area contributed by atoms with Gasteiger partial charge >= 0.3 is 0 Å². The average Bonchev–Trinajstić information content (AvgIpc) is 3.36. The Bertz CT molecular complexity index is 1340. The molecule has 0 radical (unpaired) electrons. The molecule has 0 saturated carbocycles. The second-order valence-electron chi connectivity index (χ2n) is 8.24. The summed E-state index contributed by atoms with van der Waals surface area (Å²) in [6, 6.07) is 17.2. The molecule has 3 aromatic carbocycles. The molecule has 0 unspecified atom stereocenters. The minimum Gasteiger partial charge on any atom is -0.494 e. The Labute approximate surface area is 221 Å². The van der Waals surface area contributed by atoms with Crippen LogP contribution in [0.15, 0.2) is 54.6 Å². The van der Waals surface area contributed by atoms with Gasteiger partial charge in [-0.2, -0.15) is 0 Å². The molecule has 8 heteroatoms. The van der Waals surface area contributed by atoms with Crippen LogP contribution in [0.4, 0.5) is 5.13 Å². The van der Waals surface area contributed by atoms with Gasteiger partial charge in [-0.3, -0.25) is 9.69 Å². The van der Waals surface area contributed by atoms with Crippen molar-refractivity contribution in [2.24, 2.45) is 0 Å². The Kier molecular flexibility index (Phi) is 8.50. The van der Waals surface area contributed by atoms with E-state index in [1.54, 1.807) is 24.1 Å². The Morgan fingerprint density at radius 3 is 2.14 bits per heavy atom. The summed E-state index contributed by atoms with van der Waals surface area (Å²) < 4.78 is 24.1. The van der Waals surface area contributed by atoms with E-state index in [1.807, 2.05) is 70.2 Å². The predicted octanol–water partition coefficient (Wildman–Crippen LogP) is 6.66. The van der Waals surface area contributed by atoms with Crippen molar-refractivity contribution in [1.29, 1.82) is 0 Å². The summed E-state index contributed by atoms with van der Waals surface area (Å²) in [4.78, 5) is 20.7. The Morgan fingerprint density at radius 1 is 0.892 bits per heavy atom. The number of aromatic nitrogens is 1. The molecular formula is C29H32N2O5S. The number of anilines is 1. The first-order valence-electron chi connectivity index (χ1n) is 12.4. The molecule has 0 N–H and O–H groups in total. The van der Waals surface area contributed by atoms with Gasteiger partial charge in [-0.05, 0) is 57.0 Å². The van der Waals surface area contributed by atoms with Crippen LogP contribution in [0.3, 0.4) is 0 Å². The van der Waals surface area contributed by atoms with Crippen LogP contribution in [-0.4, -0.2) is 37.8 Å². The van der Waals surface area contributed by atoms with Crippen LogP contribution < -0.4 is 23.8 Å². The van der Waals surface area contributed by atoms with Gasteiger partial charge in [-0.1, -0.05) is 47.7 Å². The summed E-state index contributed by atoms with van der Waals surface area (Å²) in [5.41, 5.74) is 3.23. The van der Waals surface area contributed by atoms with E-state index < -0.39 is 0 Å². The monoisotopic (exact) mass is 520 g/mol. The average molecular weight is 521 g/mol. The number of rotatable bonds is 11. The number of hydrogen-bond acceptors (Lipinski definition) is 7. The Morgan fingerprint density at radius 2 is 1.54 bits per heavy atom. The van der Waals surface area contributed by atoms with Crippen LogP contribution in [0.25, 0.3) is 10.2 Å². The van der Waals surface area contributed by atoms with E-state index in [1.165, 1.54) is 11.3 Å². The quantitative estimate of drug-likeness (QED) is 0.220. The number of carbonyl (C=O) groups is 1. The summed E-state index contributed by atoms with van der Waals surface area (Å²) in [5, 5.41) is 0.584. The molecule has 7 nitrogen and oxygen atoms in total. The molecular weight excluding hydrogens is 488 g/mol. The van der Waals surface area contributed by atoms with Crippen molar-refractivity contribution in [1.82, 2.24) is 4.98 Å². The maximum atomic E-state index is 14.2. The summed E-state index contributed by atoms with van der Waals surface area (Å²) in [6.45, 7) is 9.36. The molecule has 0 spiro atoms. The molecule has 0 aliphatic carbocycles. The van der Waals surface area contributed by atoms with Crippen molar-refractivity contribution in [2.75, 3.05) is 31.8 Å². The standard InChI is InChI=1S/C29H32N2O5S/c1-6-34-23-16-21(17-24(35-7-2)26(23)36-8-3)28(32)31(18-20-12-10-9-11-13-20)29-30-25-22(33-5)15-14-19(4)27(25)37-29/h9-17H,6-8,18H2,1-5H3. The van der Waals surface area contributed by atoms with E-state index in [2.05, 4.69) is 0 Å². The van der Waals surface area contributed by atoms with Gasteiger partial charge in [0.2, 0.25) is 5.75 Å². The third-order valence-electron chi connectivity index (χ3n) is 5.73. The van der Waals surface area contributed by atoms with Gasteiger partial charge in [0.05, 0.1) is 38.2 Å². The van der Waals surface area contributed by atoms with E-state index in [0.717, 1.165) is 21.3 Å². The zero-order chi connectivity index (χ0) is 26.4. The summed E-state index contributed by atoms with van der Waals surface area (Å²) >= 11 is 1.47. The SMILES string of the molecule is CCOc1cc(C(=O)N(Cc2ccccc2)c2nc3c(OC)ccc(C)c3s2)cc(OCC)c1OCC. The van der Waals surface area contributed by atoms with Gasteiger partial charge in [-0.25, -0.2) is 4.98 Å². The number of aryl methyl sites for hydroxylation is 1. The number of benzene rings is 3. The maximum Gasteiger partial charge on any atom is 0.260 e. The van der Waals surface area contributed by atoms with Gasteiger partial charge in [0.1, 0.15) is 11.3 Å². The van der Waals surface area contributed by atoms with Crippen molar-refractivity contribution >= 4 is 32.6 Å². The molecule has 0 atom stereocenters. The Balaban J connectivity index is 1.85. The number of amides is 1. The van der Waals surface area contributed by atoms with Crippen LogP contribution in [0.1, 0.15) is 42.3 Å². The van der Waals surface area contributed by atoms with Gasteiger partial charge in [0, 0.05) is 5.56 Å². The first kappa shape index (κ1) is 26.3. The lowest BCUT2D eigenvalue weighted by Crippen LogP contribution is -2.30. The molecule has 1 heterocycles. The summed E-state index contributed by atoms with van der Waals surface area (Å²) in [6.07, 6.45) is 0. The highest BCUT2D eigenvalue weighted by atomic mass is 32.1. The van der Waals surface area contributed by atoms with Crippen molar-refractivity contribution in [3.63, 3.8) is 0 Å². The normalized spacial score (nSPS) is 10.8. The highest BCUT2D eigenvalue weighted by Gasteiger charge is 2.26. The maximum absolute atomic E-state index is 14.2.